The average Bonchev–Trinajstić information content (AvgIpc) is 2.85. The van der Waals surface area contributed by atoms with Gasteiger partial charge in [-0.1, -0.05) is 6.92 Å². The van der Waals surface area contributed by atoms with Crippen molar-refractivity contribution in [2.45, 2.75) is 23.1 Å². The molecule has 0 saturated carbocycles. The standard InChI is InChI=1S/C20H19N3O4S2/c1-13-12-28-18-7-6-16(10-17(18)23-20(13)25)29(26,27)9-8-19(24)22-15-4-2-14(11-21)3-5-15/h2-7,10,13H,8-9,12H2,1H3,(H,22,24)(H,23,25)/t13-/m0/s1. The van der Waals surface area contributed by atoms with E-state index in [9.17, 15) is 18.0 Å². The van der Waals surface area contributed by atoms with Gasteiger partial charge in [0.05, 0.1) is 28.0 Å². The van der Waals surface area contributed by atoms with Gasteiger partial charge in [-0.05, 0) is 42.5 Å². The molecule has 7 nitrogen and oxygen atoms in total. The second-order valence-electron chi connectivity index (χ2n) is 6.67. The van der Waals surface area contributed by atoms with E-state index in [2.05, 4.69) is 10.6 Å². The zero-order valence-corrected chi connectivity index (χ0v) is 17.3. The summed E-state index contributed by atoms with van der Waals surface area (Å²) in [5, 5.41) is 14.2. The molecule has 0 aromatic heterocycles. The third-order valence-electron chi connectivity index (χ3n) is 4.40. The highest BCUT2D eigenvalue weighted by Gasteiger charge is 2.23. The number of hydrogen-bond donors (Lipinski definition) is 2. The molecule has 2 amide bonds. The van der Waals surface area contributed by atoms with Crippen LogP contribution >= 0.6 is 11.8 Å². The predicted molar refractivity (Wildman–Crippen MR) is 111 cm³/mol. The van der Waals surface area contributed by atoms with Gasteiger partial charge in [-0.2, -0.15) is 5.26 Å². The summed E-state index contributed by atoms with van der Waals surface area (Å²) in [7, 11) is -3.70. The molecule has 9 heteroatoms. The Morgan fingerprint density at radius 1 is 1.28 bits per heavy atom. The van der Waals surface area contributed by atoms with Crippen LogP contribution in [0.15, 0.2) is 52.3 Å². The van der Waals surface area contributed by atoms with Crippen LogP contribution in [0.4, 0.5) is 11.4 Å². The Morgan fingerprint density at radius 2 is 2.00 bits per heavy atom. The number of anilines is 2. The maximum atomic E-state index is 12.7. The summed E-state index contributed by atoms with van der Waals surface area (Å²) in [6.07, 6.45) is -0.211. The second kappa shape index (κ2) is 8.68. The molecule has 2 aromatic carbocycles. The van der Waals surface area contributed by atoms with E-state index in [1.165, 1.54) is 23.9 Å². The third kappa shape index (κ3) is 5.16. The minimum Gasteiger partial charge on any atom is -0.326 e. The van der Waals surface area contributed by atoms with Crippen molar-refractivity contribution >= 4 is 44.8 Å². The van der Waals surface area contributed by atoms with Crippen LogP contribution in [0.2, 0.25) is 0 Å². The van der Waals surface area contributed by atoms with Crippen LogP contribution in [-0.4, -0.2) is 31.7 Å². The maximum Gasteiger partial charge on any atom is 0.228 e. The van der Waals surface area contributed by atoms with E-state index in [0.717, 1.165) is 4.90 Å². The number of carbonyl (C=O) groups is 2. The lowest BCUT2D eigenvalue weighted by molar-refractivity contribution is -0.118. The number of fused-ring (bicyclic) bond motifs is 1. The Labute approximate surface area is 173 Å². The zero-order valence-electron chi connectivity index (χ0n) is 15.6. The molecule has 0 bridgehead atoms. The van der Waals surface area contributed by atoms with E-state index < -0.39 is 15.7 Å². The number of sulfone groups is 1. The van der Waals surface area contributed by atoms with Crippen LogP contribution in [0.5, 0.6) is 0 Å². The monoisotopic (exact) mass is 429 g/mol. The van der Waals surface area contributed by atoms with Gasteiger partial charge in [0.2, 0.25) is 11.8 Å². The van der Waals surface area contributed by atoms with E-state index >= 15 is 0 Å². The summed E-state index contributed by atoms with van der Waals surface area (Å²) < 4.78 is 25.3. The smallest absolute Gasteiger partial charge is 0.228 e. The summed E-state index contributed by atoms with van der Waals surface area (Å²) in [4.78, 5) is 25.0. The summed E-state index contributed by atoms with van der Waals surface area (Å²) >= 11 is 1.50. The lowest BCUT2D eigenvalue weighted by atomic mass is 10.2. The van der Waals surface area contributed by atoms with Gasteiger partial charge in [0.1, 0.15) is 0 Å². The minimum atomic E-state index is -3.70. The molecule has 0 radical (unpaired) electrons. The SMILES string of the molecule is C[C@H]1CSc2ccc(S(=O)(=O)CCC(=O)Nc3ccc(C#N)cc3)cc2NC1=O. The summed E-state index contributed by atoms with van der Waals surface area (Å²) in [6.45, 7) is 1.82. The molecule has 1 aliphatic heterocycles. The van der Waals surface area contributed by atoms with Crippen LogP contribution in [0.25, 0.3) is 0 Å². The molecule has 29 heavy (non-hydrogen) atoms. The first-order chi connectivity index (χ1) is 13.8. The predicted octanol–water partition coefficient (Wildman–Crippen LogP) is 3.04. The van der Waals surface area contributed by atoms with Gasteiger partial charge in [0.25, 0.3) is 0 Å². The number of benzene rings is 2. The van der Waals surface area contributed by atoms with Crippen molar-refractivity contribution in [2.24, 2.45) is 5.92 Å². The maximum absolute atomic E-state index is 12.7. The number of nitrogens with one attached hydrogen (secondary N) is 2. The number of thioether (sulfide) groups is 1. The number of nitrogens with zero attached hydrogens (tertiary/aromatic N) is 1. The molecule has 2 N–H and O–H groups in total. The van der Waals surface area contributed by atoms with Gasteiger partial charge < -0.3 is 10.6 Å². The van der Waals surface area contributed by atoms with Crippen LogP contribution in [-0.2, 0) is 19.4 Å². The van der Waals surface area contributed by atoms with Crippen molar-refractivity contribution in [3.63, 3.8) is 0 Å². The lowest BCUT2D eigenvalue weighted by Gasteiger charge is -2.10. The third-order valence-corrected chi connectivity index (χ3v) is 7.45. The molecule has 0 spiro atoms. The quantitative estimate of drug-likeness (QED) is 0.755. The van der Waals surface area contributed by atoms with Gasteiger partial charge >= 0.3 is 0 Å². The average molecular weight is 430 g/mol. The minimum absolute atomic E-state index is 0.0675. The fraction of sp³-hybridized carbons (Fsp3) is 0.250. The molecule has 1 atom stereocenters. The Bertz CT molecular complexity index is 1090. The highest BCUT2D eigenvalue weighted by Crippen LogP contribution is 2.34. The van der Waals surface area contributed by atoms with Crippen molar-refractivity contribution in [2.75, 3.05) is 22.1 Å². The Kier molecular flexibility index (Phi) is 6.25. The van der Waals surface area contributed by atoms with E-state index in [-0.39, 0.29) is 28.9 Å². The van der Waals surface area contributed by atoms with E-state index in [4.69, 9.17) is 5.26 Å². The van der Waals surface area contributed by atoms with Gasteiger partial charge in [0.15, 0.2) is 9.84 Å². The first kappa shape index (κ1) is 20.9. The topological polar surface area (TPSA) is 116 Å². The van der Waals surface area contributed by atoms with Crippen LogP contribution in [0.3, 0.4) is 0 Å². The first-order valence-corrected chi connectivity index (χ1v) is 11.5. The van der Waals surface area contributed by atoms with E-state index in [0.29, 0.717) is 22.7 Å². The molecule has 0 fully saturated rings. The van der Waals surface area contributed by atoms with E-state index in [1.54, 1.807) is 30.3 Å². The number of hydrogen-bond acceptors (Lipinski definition) is 6. The lowest BCUT2D eigenvalue weighted by Crippen LogP contribution is -2.20. The van der Waals surface area contributed by atoms with Gasteiger partial charge in [0, 0.05) is 28.7 Å². The van der Waals surface area contributed by atoms with Crippen molar-refractivity contribution < 1.29 is 18.0 Å². The highest BCUT2D eigenvalue weighted by atomic mass is 32.2. The fourth-order valence-corrected chi connectivity index (χ4v) is 4.94. The highest BCUT2D eigenvalue weighted by molar-refractivity contribution is 7.99. The van der Waals surface area contributed by atoms with Crippen LogP contribution < -0.4 is 10.6 Å². The van der Waals surface area contributed by atoms with Crippen molar-refractivity contribution in [1.29, 1.82) is 5.26 Å². The number of carbonyl (C=O) groups excluding carboxylic acids is 2. The molecule has 0 saturated heterocycles. The number of rotatable bonds is 5. The molecule has 2 aromatic rings. The first-order valence-electron chi connectivity index (χ1n) is 8.89. The Hall–Kier alpha value is -2.83. The fourth-order valence-electron chi connectivity index (χ4n) is 2.67. The molecular weight excluding hydrogens is 410 g/mol. The molecular formula is C20H19N3O4S2. The van der Waals surface area contributed by atoms with E-state index in [1.807, 2.05) is 13.0 Å². The van der Waals surface area contributed by atoms with Gasteiger partial charge in [-0.25, -0.2) is 8.42 Å². The van der Waals surface area contributed by atoms with Crippen LogP contribution in [0, 0.1) is 17.2 Å². The molecule has 0 unspecified atom stereocenters. The number of amides is 2. The molecule has 150 valence electrons. The summed E-state index contributed by atoms with van der Waals surface area (Å²) in [6, 6.07) is 12.9. The van der Waals surface area contributed by atoms with Crippen LogP contribution in [0.1, 0.15) is 18.9 Å². The Morgan fingerprint density at radius 3 is 2.69 bits per heavy atom. The van der Waals surface area contributed by atoms with Crippen molar-refractivity contribution in [1.82, 2.24) is 0 Å². The molecule has 0 aliphatic carbocycles. The molecule has 1 heterocycles. The zero-order chi connectivity index (χ0) is 21.0. The second-order valence-corrected chi connectivity index (χ2v) is 9.84. The van der Waals surface area contributed by atoms with Crippen molar-refractivity contribution in [3.05, 3.63) is 48.0 Å². The molecule has 1 aliphatic rings. The molecule has 3 rings (SSSR count). The van der Waals surface area contributed by atoms with Gasteiger partial charge in [-0.3, -0.25) is 9.59 Å². The normalized spacial score (nSPS) is 16.1. The summed E-state index contributed by atoms with van der Waals surface area (Å²) in [5.74, 6) is -0.483. The largest absolute Gasteiger partial charge is 0.326 e. The summed E-state index contributed by atoms with van der Waals surface area (Å²) in [5.41, 5.74) is 1.44. The van der Waals surface area contributed by atoms with Gasteiger partial charge in [-0.15, -0.1) is 11.8 Å². The Balaban J connectivity index is 1.66. The number of nitriles is 1. The van der Waals surface area contributed by atoms with Crippen molar-refractivity contribution in [3.8, 4) is 6.07 Å².